The topological polar surface area (TPSA) is 62.4 Å². The third-order valence-corrected chi connectivity index (χ3v) is 1.26. The summed E-state index contributed by atoms with van der Waals surface area (Å²) in [5.41, 5.74) is 2.43. The molecule has 1 unspecified atom stereocenters. The summed E-state index contributed by atoms with van der Waals surface area (Å²) in [6, 6.07) is 0. The quantitative estimate of drug-likeness (QED) is 0.393. The van der Waals surface area contributed by atoms with E-state index in [1.807, 2.05) is 0 Å². The molecule has 0 aromatic rings. The van der Waals surface area contributed by atoms with Crippen LogP contribution in [0.1, 0.15) is 0 Å². The second-order valence-corrected chi connectivity index (χ2v) is 1.92. The number of hydrazine groups is 1. The maximum atomic E-state index is 5.58. The summed E-state index contributed by atoms with van der Waals surface area (Å²) >= 11 is 5.58. The van der Waals surface area contributed by atoms with E-state index in [4.69, 9.17) is 17.4 Å². The number of aliphatic imine (C=N–C) groups is 1. The van der Waals surface area contributed by atoms with E-state index in [1.165, 1.54) is 0 Å². The second-order valence-electron chi connectivity index (χ2n) is 1.53. The Balaban J connectivity index is 0.000000810. The van der Waals surface area contributed by atoms with Crippen molar-refractivity contribution in [1.29, 1.82) is 0 Å². The Bertz CT molecular complexity index is 155. The Morgan fingerprint density at radius 3 is 2.90 bits per heavy atom. The van der Waals surface area contributed by atoms with Gasteiger partial charge in [-0.25, -0.2) is 10.4 Å². The maximum absolute atomic E-state index is 5.58. The molecule has 0 saturated carbocycles. The summed E-state index contributed by atoms with van der Waals surface area (Å²) < 4.78 is 0. The van der Waals surface area contributed by atoms with E-state index in [0.29, 0.717) is 5.17 Å². The first-order valence-corrected chi connectivity index (χ1v) is 2.83. The third kappa shape index (κ3) is 2.15. The molecule has 0 spiro atoms. The number of hydrogen-bond acceptors (Lipinski definition) is 4. The van der Waals surface area contributed by atoms with Crippen LogP contribution in [0.25, 0.3) is 0 Å². The number of nitrogens with one attached hydrogen (secondary N) is 2. The maximum Gasteiger partial charge on any atom is 0.144 e. The number of halogens is 2. The lowest BCUT2D eigenvalue weighted by atomic mass is 10.5. The molecule has 0 radical (unpaired) electrons. The predicted molar refractivity (Wildman–Crippen MR) is 43.9 cm³/mol. The van der Waals surface area contributed by atoms with Crippen molar-refractivity contribution in [2.75, 3.05) is 0 Å². The van der Waals surface area contributed by atoms with E-state index in [0.717, 1.165) is 0 Å². The van der Waals surface area contributed by atoms with Crippen molar-refractivity contribution in [3.8, 4) is 0 Å². The summed E-state index contributed by atoms with van der Waals surface area (Å²) in [6.07, 6.45) is 2.99. The normalized spacial score (nSPS) is 22.6. The van der Waals surface area contributed by atoms with Gasteiger partial charge < -0.3 is 5.32 Å². The molecule has 0 aromatic heterocycles. The predicted octanol–water partition coefficient (Wildman–Crippen LogP) is -0.0907. The first kappa shape index (κ1) is 9.71. The average Bonchev–Trinajstić information content (AvgIpc) is 1.89. The lowest BCUT2D eigenvalue weighted by molar-refractivity contribution is 0.599. The van der Waals surface area contributed by atoms with Crippen LogP contribution in [0.5, 0.6) is 0 Å². The molecule has 1 aliphatic rings. The van der Waals surface area contributed by atoms with Gasteiger partial charge in [0.1, 0.15) is 11.3 Å². The van der Waals surface area contributed by atoms with Crippen molar-refractivity contribution in [3.05, 3.63) is 12.4 Å². The first-order valence-electron chi connectivity index (χ1n) is 2.45. The molecule has 6 heteroatoms. The van der Waals surface area contributed by atoms with Crippen molar-refractivity contribution in [3.63, 3.8) is 0 Å². The summed E-state index contributed by atoms with van der Waals surface area (Å²) in [5, 5.41) is 3.26. The van der Waals surface area contributed by atoms with E-state index in [1.54, 1.807) is 12.4 Å². The van der Waals surface area contributed by atoms with Crippen molar-refractivity contribution in [2.45, 2.75) is 6.17 Å². The molecule has 0 fully saturated rings. The number of nitrogens with two attached hydrogens (primary N) is 1. The van der Waals surface area contributed by atoms with E-state index in [2.05, 4.69) is 15.7 Å². The average molecular weight is 183 g/mol. The Hall–Kier alpha value is -0.290. The highest BCUT2D eigenvalue weighted by atomic mass is 35.5. The minimum Gasteiger partial charge on any atom is -0.368 e. The molecule has 4 nitrogen and oxygen atoms in total. The zero-order chi connectivity index (χ0) is 6.69. The highest BCUT2D eigenvalue weighted by molar-refractivity contribution is 6.66. The fourth-order valence-corrected chi connectivity index (χ4v) is 0.690. The van der Waals surface area contributed by atoms with Crippen LogP contribution in [0.3, 0.4) is 0 Å². The van der Waals surface area contributed by atoms with Gasteiger partial charge in [-0.1, -0.05) is 11.6 Å². The molecule has 0 saturated heterocycles. The Labute approximate surface area is 69.9 Å². The standard InChI is InChI=1S/C4H7ClN4.ClH/c5-3-4(9-6)8-2-1-7-3;/h1-2,4,8-9H,6H2;1H. The molecule has 0 bridgehead atoms. The zero-order valence-corrected chi connectivity index (χ0v) is 6.62. The van der Waals surface area contributed by atoms with Crippen molar-refractivity contribution >= 4 is 29.2 Å². The molecule has 1 rings (SSSR count). The molecule has 1 heterocycles. The van der Waals surface area contributed by atoms with E-state index in [9.17, 15) is 0 Å². The number of hydrogen-bond donors (Lipinski definition) is 3. The van der Waals surface area contributed by atoms with Crippen LogP contribution >= 0.6 is 24.0 Å². The third-order valence-electron chi connectivity index (χ3n) is 0.940. The lowest BCUT2D eigenvalue weighted by Gasteiger charge is -2.15. The largest absolute Gasteiger partial charge is 0.368 e. The molecule has 0 aliphatic carbocycles. The van der Waals surface area contributed by atoms with Gasteiger partial charge in [-0.3, -0.25) is 5.84 Å². The lowest BCUT2D eigenvalue weighted by Crippen LogP contribution is -2.48. The van der Waals surface area contributed by atoms with Gasteiger partial charge in [0.15, 0.2) is 0 Å². The van der Waals surface area contributed by atoms with Gasteiger partial charge in [-0.15, -0.1) is 12.4 Å². The number of rotatable bonds is 1. The van der Waals surface area contributed by atoms with Gasteiger partial charge in [-0.05, 0) is 0 Å². The van der Waals surface area contributed by atoms with E-state index >= 15 is 0 Å². The fourth-order valence-electron chi connectivity index (χ4n) is 0.508. The highest BCUT2D eigenvalue weighted by Gasteiger charge is 2.10. The first-order chi connectivity index (χ1) is 4.34. The smallest absolute Gasteiger partial charge is 0.144 e. The summed E-state index contributed by atoms with van der Waals surface area (Å²) in [4.78, 5) is 3.78. The minimum absolute atomic E-state index is 0. The molecule has 1 aliphatic heterocycles. The molecule has 4 N–H and O–H groups in total. The summed E-state index contributed by atoms with van der Waals surface area (Å²) in [5.74, 6) is 5.08. The fraction of sp³-hybridized carbons (Fsp3) is 0.250. The summed E-state index contributed by atoms with van der Waals surface area (Å²) in [6.45, 7) is 0. The zero-order valence-electron chi connectivity index (χ0n) is 5.04. The van der Waals surface area contributed by atoms with Crippen LogP contribution in [-0.2, 0) is 0 Å². The van der Waals surface area contributed by atoms with Crippen molar-refractivity contribution in [1.82, 2.24) is 10.7 Å². The molecule has 0 amide bonds. The van der Waals surface area contributed by atoms with Crippen LogP contribution in [0.15, 0.2) is 17.4 Å². The van der Waals surface area contributed by atoms with Gasteiger partial charge in [0.05, 0.1) is 0 Å². The molecule has 10 heavy (non-hydrogen) atoms. The van der Waals surface area contributed by atoms with Crippen molar-refractivity contribution in [2.24, 2.45) is 10.8 Å². The molecule has 1 atom stereocenters. The van der Waals surface area contributed by atoms with Gasteiger partial charge in [-0.2, -0.15) is 0 Å². The van der Waals surface area contributed by atoms with Gasteiger partial charge >= 0.3 is 0 Å². The SMILES string of the molecule is Cl.NNC1NC=CN=C1Cl. The molecular formula is C4H8Cl2N4. The Kier molecular flexibility index (Phi) is 4.38. The van der Waals surface area contributed by atoms with Crippen LogP contribution in [0.4, 0.5) is 0 Å². The Morgan fingerprint density at radius 2 is 2.50 bits per heavy atom. The van der Waals surface area contributed by atoms with Crippen LogP contribution < -0.4 is 16.6 Å². The van der Waals surface area contributed by atoms with Gasteiger partial charge in [0.25, 0.3) is 0 Å². The number of nitrogens with zero attached hydrogens (tertiary/aromatic N) is 1. The highest BCUT2D eigenvalue weighted by Crippen LogP contribution is 1.96. The van der Waals surface area contributed by atoms with Gasteiger partial charge in [0.2, 0.25) is 0 Å². The molecular weight excluding hydrogens is 175 g/mol. The van der Waals surface area contributed by atoms with Crippen LogP contribution in [-0.4, -0.2) is 11.3 Å². The molecule has 58 valence electrons. The Morgan fingerprint density at radius 1 is 1.80 bits per heavy atom. The van der Waals surface area contributed by atoms with E-state index in [-0.39, 0.29) is 18.6 Å². The van der Waals surface area contributed by atoms with Crippen molar-refractivity contribution < 1.29 is 0 Å². The second kappa shape index (κ2) is 4.51. The van der Waals surface area contributed by atoms with E-state index < -0.39 is 0 Å². The van der Waals surface area contributed by atoms with Crippen LogP contribution in [0, 0.1) is 0 Å². The van der Waals surface area contributed by atoms with Gasteiger partial charge in [0, 0.05) is 12.4 Å². The van der Waals surface area contributed by atoms with Crippen LogP contribution in [0.2, 0.25) is 0 Å². The minimum atomic E-state index is -0.239. The monoisotopic (exact) mass is 182 g/mol. The molecule has 0 aromatic carbocycles. The summed E-state index contributed by atoms with van der Waals surface area (Å²) in [7, 11) is 0.